The van der Waals surface area contributed by atoms with E-state index >= 15 is 0 Å². The van der Waals surface area contributed by atoms with E-state index < -0.39 is 17.7 Å². The first-order valence-corrected chi connectivity index (χ1v) is 6.94. The summed E-state index contributed by atoms with van der Waals surface area (Å²) in [4.78, 5) is 4.93. The highest BCUT2D eigenvalue weighted by Crippen LogP contribution is 2.33. The number of nitrogens with one attached hydrogen (secondary N) is 1. The van der Waals surface area contributed by atoms with E-state index in [0.29, 0.717) is 0 Å². The summed E-state index contributed by atoms with van der Waals surface area (Å²) in [7, 11) is 1.67. The molecule has 0 aliphatic rings. The Hall–Kier alpha value is -0.850. The number of hydrogen-bond donors (Lipinski definition) is 1. The van der Waals surface area contributed by atoms with Gasteiger partial charge in [-0.1, -0.05) is 0 Å². The molecular weight excluding hydrogens is 322 g/mol. The maximum atomic E-state index is 14.1. The molecule has 0 fully saturated rings. The molecule has 0 bridgehead atoms. The van der Waals surface area contributed by atoms with E-state index in [1.165, 1.54) is 23.5 Å². The summed E-state index contributed by atoms with van der Waals surface area (Å²) in [6.45, 7) is 1.82. The second-order valence-electron chi connectivity index (χ2n) is 3.78. The molecule has 2 nitrogen and oxygen atoms in total. The molecule has 1 heterocycles. The minimum atomic E-state index is -0.581. The molecule has 0 saturated heterocycles. The standard InChI is InChI=1S/C12H11BrF2N2S/c1-6-12(18-5-17-6)11(16-2)9-8(14)4-3-7(13)10(9)15/h3-5,11,16H,1-2H3. The van der Waals surface area contributed by atoms with Gasteiger partial charge in [0.15, 0.2) is 0 Å². The number of rotatable bonds is 3. The normalized spacial score (nSPS) is 12.7. The van der Waals surface area contributed by atoms with Crippen LogP contribution in [0, 0.1) is 18.6 Å². The quantitative estimate of drug-likeness (QED) is 0.865. The molecule has 0 aliphatic heterocycles. The predicted molar refractivity (Wildman–Crippen MR) is 71.8 cm³/mol. The summed E-state index contributed by atoms with van der Waals surface area (Å²) in [6.07, 6.45) is 0. The number of halogens is 3. The molecule has 0 spiro atoms. The fraction of sp³-hybridized carbons (Fsp3) is 0.250. The number of hydrogen-bond acceptors (Lipinski definition) is 3. The van der Waals surface area contributed by atoms with Crippen molar-refractivity contribution in [2.75, 3.05) is 7.05 Å². The Morgan fingerprint density at radius 2 is 2.11 bits per heavy atom. The Morgan fingerprint density at radius 1 is 1.39 bits per heavy atom. The summed E-state index contributed by atoms with van der Waals surface area (Å²) in [5.74, 6) is -1.15. The predicted octanol–water partition coefficient (Wildman–Crippen LogP) is 3.80. The van der Waals surface area contributed by atoms with Gasteiger partial charge >= 0.3 is 0 Å². The lowest BCUT2D eigenvalue weighted by atomic mass is 10.0. The topological polar surface area (TPSA) is 24.9 Å². The van der Waals surface area contributed by atoms with Gasteiger partial charge in [0.25, 0.3) is 0 Å². The van der Waals surface area contributed by atoms with Crippen molar-refractivity contribution in [1.29, 1.82) is 0 Å². The monoisotopic (exact) mass is 332 g/mol. The second kappa shape index (κ2) is 5.42. The van der Waals surface area contributed by atoms with E-state index in [2.05, 4.69) is 26.2 Å². The Labute approximate surface area is 116 Å². The fourth-order valence-corrected chi connectivity index (χ4v) is 3.07. The van der Waals surface area contributed by atoms with Crippen LogP contribution in [0.2, 0.25) is 0 Å². The van der Waals surface area contributed by atoms with Gasteiger partial charge in [0, 0.05) is 10.4 Å². The highest BCUT2D eigenvalue weighted by atomic mass is 79.9. The molecule has 0 radical (unpaired) electrons. The molecule has 1 N–H and O–H groups in total. The molecular formula is C12H11BrF2N2S. The third-order valence-electron chi connectivity index (χ3n) is 2.70. The number of aryl methyl sites for hydroxylation is 1. The van der Waals surface area contributed by atoms with Crippen molar-refractivity contribution >= 4 is 27.3 Å². The minimum absolute atomic E-state index is 0.0132. The Balaban J connectivity index is 2.59. The van der Waals surface area contributed by atoms with Crippen molar-refractivity contribution in [3.63, 3.8) is 0 Å². The van der Waals surface area contributed by atoms with Crippen molar-refractivity contribution < 1.29 is 8.78 Å². The summed E-state index contributed by atoms with van der Waals surface area (Å²) in [5, 5.41) is 2.94. The van der Waals surface area contributed by atoms with Crippen molar-refractivity contribution in [3.05, 3.63) is 49.9 Å². The number of benzene rings is 1. The largest absolute Gasteiger partial charge is 0.308 e. The summed E-state index contributed by atoms with van der Waals surface area (Å²) >= 11 is 4.46. The van der Waals surface area contributed by atoms with E-state index in [-0.39, 0.29) is 10.0 Å². The van der Waals surface area contributed by atoms with E-state index in [4.69, 9.17) is 0 Å². The number of thiazole rings is 1. The van der Waals surface area contributed by atoms with Crippen LogP contribution in [0.15, 0.2) is 22.1 Å². The van der Waals surface area contributed by atoms with Gasteiger partial charge in [-0.25, -0.2) is 13.8 Å². The van der Waals surface area contributed by atoms with Crippen molar-refractivity contribution in [2.24, 2.45) is 0 Å². The molecule has 0 amide bonds. The van der Waals surface area contributed by atoms with Crippen LogP contribution in [0.5, 0.6) is 0 Å². The van der Waals surface area contributed by atoms with Gasteiger partial charge < -0.3 is 5.32 Å². The summed E-state index contributed by atoms with van der Waals surface area (Å²) in [6, 6.07) is 2.08. The van der Waals surface area contributed by atoms with E-state index in [0.717, 1.165) is 10.6 Å². The maximum absolute atomic E-state index is 14.1. The smallest absolute Gasteiger partial charge is 0.145 e. The van der Waals surface area contributed by atoms with E-state index in [1.54, 1.807) is 12.6 Å². The molecule has 18 heavy (non-hydrogen) atoms. The van der Waals surface area contributed by atoms with Crippen LogP contribution in [-0.2, 0) is 0 Å². The maximum Gasteiger partial charge on any atom is 0.145 e. The SMILES string of the molecule is CNC(c1scnc1C)c1c(F)ccc(Br)c1F. The molecule has 96 valence electrons. The van der Waals surface area contributed by atoms with Crippen LogP contribution in [-0.4, -0.2) is 12.0 Å². The zero-order chi connectivity index (χ0) is 13.3. The average Bonchev–Trinajstić information content (AvgIpc) is 2.76. The van der Waals surface area contributed by atoms with Crippen molar-refractivity contribution in [2.45, 2.75) is 13.0 Å². The zero-order valence-electron chi connectivity index (χ0n) is 9.80. The Bertz CT molecular complexity index is 571. The molecule has 1 atom stereocenters. The number of nitrogens with zero attached hydrogens (tertiary/aromatic N) is 1. The fourth-order valence-electron chi connectivity index (χ4n) is 1.80. The van der Waals surface area contributed by atoms with Gasteiger partial charge in [-0.05, 0) is 42.0 Å². The lowest BCUT2D eigenvalue weighted by Gasteiger charge is -2.18. The molecule has 1 aromatic carbocycles. The van der Waals surface area contributed by atoms with Gasteiger partial charge in [0.1, 0.15) is 11.6 Å². The summed E-state index contributed by atoms with van der Waals surface area (Å²) < 4.78 is 28.2. The average molecular weight is 333 g/mol. The lowest BCUT2D eigenvalue weighted by Crippen LogP contribution is -2.20. The molecule has 1 aromatic heterocycles. The van der Waals surface area contributed by atoms with Crippen LogP contribution in [0.3, 0.4) is 0 Å². The van der Waals surface area contributed by atoms with Crippen molar-refractivity contribution in [3.8, 4) is 0 Å². The Kier molecular flexibility index (Phi) is 4.09. The van der Waals surface area contributed by atoms with Gasteiger partial charge in [-0.2, -0.15) is 0 Å². The van der Waals surface area contributed by atoms with Crippen LogP contribution in [0.1, 0.15) is 22.2 Å². The highest BCUT2D eigenvalue weighted by molar-refractivity contribution is 9.10. The molecule has 0 aliphatic carbocycles. The highest BCUT2D eigenvalue weighted by Gasteiger charge is 2.24. The van der Waals surface area contributed by atoms with Gasteiger partial charge in [-0.15, -0.1) is 11.3 Å². The molecule has 2 rings (SSSR count). The molecule has 1 unspecified atom stereocenters. The lowest BCUT2D eigenvalue weighted by molar-refractivity contribution is 0.520. The van der Waals surface area contributed by atoms with E-state index in [9.17, 15) is 8.78 Å². The molecule has 2 aromatic rings. The van der Waals surface area contributed by atoms with Crippen LogP contribution in [0.4, 0.5) is 8.78 Å². The van der Waals surface area contributed by atoms with Crippen LogP contribution >= 0.6 is 27.3 Å². The first-order chi connectivity index (χ1) is 8.56. The van der Waals surface area contributed by atoms with E-state index in [1.807, 2.05) is 6.92 Å². The summed E-state index contributed by atoms with van der Waals surface area (Å²) in [5.41, 5.74) is 2.46. The first kappa shape index (κ1) is 13.6. The Morgan fingerprint density at radius 3 is 2.67 bits per heavy atom. The second-order valence-corrected chi connectivity index (χ2v) is 5.52. The third-order valence-corrected chi connectivity index (χ3v) is 4.31. The molecule has 6 heteroatoms. The van der Waals surface area contributed by atoms with Gasteiger partial charge in [0.2, 0.25) is 0 Å². The number of aromatic nitrogens is 1. The van der Waals surface area contributed by atoms with Crippen molar-refractivity contribution in [1.82, 2.24) is 10.3 Å². The zero-order valence-corrected chi connectivity index (χ0v) is 12.2. The van der Waals surface area contributed by atoms with Crippen LogP contribution in [0.25, 0.3) is 0 Å². The minimum Gasteiger partial charge on any atom is -0.308 e. The first-order valence-electron chi connectivity index (χ1n) is 5.27. The molecule has 0 saturated carbocycles. The third kappa shape index (κ3) is 2.32. The van der Waals surface area contributed by atoms with Gasteiger partial charge in [-0.3, -0.25) is 0 Å². The van der Waals surface area contributed by atoms with Gasteiger partial charge in [0.05, 0.1) is 21.7 Å². The van der Waals surface area contributed by atoms with Crippen LogP contribution < -0.4 is 5.32 Å².